The molecule has 2 heterocycles. The SMILES string of the molecule is CCCC(=O)NC(=S)NCc1ccc(-c2nn3c(CC)nnc3s2)cc1. The number of carbonyl (C=O) groups excluding carboxylic acids is 1. The van der Waals surface area contributed by atoms with Crippen molar-refractivity contribution in [1.29, 1.82) is 0 Å². The zero-order chi connectivity index (χ0) is 18.5. The van der Waals surface area contributed by atoms with Crippen molar-refractivity contribution < 1.29 is 4.79 Å². The van der Waals surface area contributed by atoms with E-state index in [4.69, 9.17) is 12.2 Å². The van der Waals surface area contributed by atoms with E-state index >= 15 is 0 Å². The summed E-state index contributed by atoms with van der Waals surface area (Å²) in [5, 5.41) is 19.8. The maximum absolute atomic E-state index is 11.5. The molecular formula is C17H20N6OS2. The first kappa shape index (κ1) is 18.4. The molecule has 136 valence electrons. The lowest BCUT2D eigenvalue weighted by atomic mass is 10.1. The Kier molecular flexibility index (Phi) is 5.89. The van der Waals surface area contributed by atoms with Crippen LogP contribution in [0.5, 0.6) is 0 Å². The van der Waals surface area contributed by atoms with E-state index < -0.39 is 0 Å². The summed E-state index contributed by atoms with van der Waals surface area (Å²) in [6.45, 7) is 4.54. The first-order valence-electron chi connectivity index (χ1n) is 8.48. The van der Waals surface area contributed by atoms with E-state index in [1.165, 1.54) is 11.3 Å². The van der Waals surface area contributed by atoms with Crippen molar-refractivity contribution in [3.05, 3.63) is 35.7 Å². The summed E-state index contributed by atoms with van der Waals surface area (Å²) in [6, 6.07) is 8.07. The number of benzene rings is 1. The van der Waals surface area contributed by atoms with Gasteiger partial charge >= 0.3 is 0 Å². The summed E-state index contributed by atoms with van der Waals surface area (Å²) in [5.41, 5.74) is 2.10. The van der Waals surface area contributed by atoms with Gasteiger partial charge in [0.15, 0.2) is 10.9 Å². The third kappa shape index (κ3) is 4.23. The van der Waals surface area contributed by atoms with Gasteiger partial charge < -0.3 is 10.6 Å². The number of rotatable bonds is 6. The third-order valence-corrected chi connectivity index (χ3v) is 4.95. The number of carbonyl (C=O) groups is 1. The van der Waals surface area contributed by atoms with Crippen molar-refractivity contribution >= 4 is 39.5 Å². The molecule has 2 aromatic heterocycles. The van der Waals surface area contributed by atoms with Crippen LogP contribution in [-0.4, -0.2) is 30.8 Å². The molecule has 0 atom stereocenters. The second kappa shape index (κ2) is 8.33. The van der Waals surface area contributed by atoms with Crippen LogP contribution < -0.4 is 10.6 Å². The van der Waals surface area contributed by atoms with Gasteiger partial charge in [0.25, 0.3) is 0 Å². The molecule has 0 fully saturated rings. The number of hydrogen-bond donors (Lipinski definition) is 2. The molecule has 1 amide bonds. The smallest absolute Gasteiger partial charge is 0.234 e. The Morgan fingerprint density at radius 1 is 1.23 bits per heavy atom. The summed E-state index contributed by atoms with van der Waals surface area (Å²) < 4.78 is 1.80. The van der Waals surface area contributed by atoms with E-state index in [0.29, 0.717) is 18.1 Å². The highest BCUT2D eigenvalue weighted by Crippen LogP contribution is 2.25. The lowest BCUT2D eigenvalue weighted by molar-refractivity contribution is -0.119. The van der Waals surface area contributed by atoms with E-state index in [1.807, 2.05) is 38.1 Å². The maximum atomic E-state index is 11.5. The van der Waals surface area contributed by atoms with Crippen molar-refractivity contribution in [2.45, 2.75) is 39.7 Å². The fourth-order valence-electron chi connectivity index (χ4n) is 2.40. The molecule has 0 aliphatic rings. The summed E-state index contributed by atoms with van der Waals surface area (Å²) in [5.74, 6) is 0.803. The van der Waals surface area contributed by atoms with Gasteiger partial charge in [0.1, 0.15) is 5.01 Å². The second-order valence-corrected chi connectivity index (χ2v) is 7.11. The minimum atomic E-state index is -0.0601. The fourth-order valence-corrected chi connectivity index (χ4v) is 3.45. The summed E-state index contributed by atoms with van der Waals surface area (Å²) in [6.07, 6.45) is 2.07. The van der Waals surface area contributed by atoms with E-state index in [2.05, 4.69) is 25.9 Å². The van der Waals surface area contributed by atoms with Gasteiger partial charge in [-0.1, -0.05) is 49.4 Å². The molecule has 3 aromatic rings. The summed E-state index contributed by atoms with van der Waals surface area (Å²) in [7, 11) is 0. The van der Waals surface area contributed by atoms with Crippen LogP contribution in [0.15, 0.2) is 24.3 Å². The number of aromatic nitrogens is 4. The molecule has 1 aromatic carbocycles. The predicted octanol–water partition coefficient (Wildman–Crippen LogP) is 2.71. The Morgan fingerprint density at radius 3 is 2.69 bits per heavy atom. The number of fused-ring (bicyclic) bond motifs is 1. The molecule has 0 unspecified atom stereocenters. The second-order valence-electron chi connectivity index (χ2n) is 5.75. The highest BCUT2D eigenvalue weighted by Gasteiger charge is 2.11. The Bertz CT molecular complexity index is 915. The van der Waals surface area contributed by atoms with E-state index in [1.54, 1.807) is 4.52 Å². The lowest BCUT2D eigenvalue weighted by Gasteiger charge is -2.09. The van der Waals surface area contributed by atoms with Crippen LogP contribution >= 0.6 is 23.6 Å². The van der Waals surface area contributed by atoms with Gasteiger partial charge in [-0.3, -0.25) is 4.79 Å². The molecule has 0 aliphatic heterocycles. The van der Waals surface area contributed by atoms with E-state index in [-0.39, 0.29) is 5.91 Å². The van der Waals surface area contributed by atoms with Gasteiger partial charge in [0, 0.05) is 24.9 Å². The lowest BCUT2D eigenvalue weighted by Crippen LogP contribution is -2.38. The predicted molar refractivity (Wildman–Crippen MR) is 106 cm³/mol. The Balaban J connectivity index is 1.61. The monoisotopic (exact) mass is 388 g/mol. The van der Waals surface area contributed by atoms with Gasteiger partial charge in [0.05, 0.1) is 0 Å². The Hall–Kier alpha value is -2.39. The zero-order valence-electron chi connectivity index (χ0n) is 14.7. The standard InChI is InChI=1S/C17H20N6OS2/c1-3-5-14(24)19-16(25)18-10-11-6-8-12(9-7-11)15-22-23-13(4-2)20-21-17(23)26-15/h6-9H,3-5,10H2,1-2H3,(H2,18,19,24,25). The molecule has 0 aliphatic carbocycles. The van der Waals surface area contributed by atoms with Crippen LogP contribution in [0.25, 0.3) is 15.5 Å². The quantitative estimate of drug-likeness (QED) is 0.632. The topological polar surface area (TPSA) is 84.2 Å². The van der Waals surface area contributed by atoms with E-state index in [0.717, 1.165) is 39.8 Å². The largest absolute Gasteiger partial charge is 0.358 e. The molecule has 3 rings (SSSR count). The number of nitrogens with zero attached hydrogens (tertiary/aromatic N) is 4. The highest BCUT2D eigenvalue weighted by molar-refractivity contribution is 7.80. The zero-order valence-corrected chi connectivity index (χ0v) is 16.3. The average molecular weight is 389 g/mol. The van der Waals surface area contributed by atoms with Crippen molar-refractivity contribution in [2.75, 3.05) is 0 Å². The minimum absolute atomic E-state index is 0.0601. The number of amides is 1. The van der Waals surface area contributed by atoms with Crippen LogP contribution in [0.1, 0.15) is 38.1 Å². The van der Waals surface area contributed by atoms with Crippen molar-refractivity contribution in [2.24, 2.45) is 0 Å². The normalized spacial score (nSPS) is 10.8. The maximum Gasteiger partial charge on any atom is 0.234 e. The Labute approximate surface area is 160 Å². The van der Waals surface area contributed by atoms with Crippen LogP contribution in [0, 0.1) is 0 Å². The van der Waals surface area contributed by atoms with Crippen molar-refractivity contribution in [3.63, 3.8) is 0 Å². The Morgan fingerprint density at radius 2 is 2.00 bits per heavy atom. The highest BCUT2D eigenvalue weighted by atomic mass is 32.1. The number of aryl methyl sites for hydroxylation is 1. The molecule has 0 spiro atoms. The third-order valence-electron chi connectivity index (χ3n) is 3.76. The van der Waals surface area contributed by atoms with Crippen molar-refractivity contribution in [1.82, 2.24) is 30.4 Å². The van der Waals surface area contributed by atoms with Crippen LogP contribution in [0.4, 0.5) is 0 Å². The first-order valence-corrected chi connectivity index (χ1v) is 9.71. The van der Waals surface area contributed by atoms with Gasteiger partial charge in [-0.25, -0.2) is 0 Å². The number of thiocarbonyl (C=S) groups is 1. The molecule has 26 heavy (non-hydrogen) atoms. The summed E-state index contributed by atoms with van der Waals surface area (Å²) in [4.78, 5) is 12.3. The molecule has 0 saturated carbocycles. The molecule has 2 N–H and O–H groups in total. The van der Waals surface area contributed by atoms with Gasteiger partial charge in [-0.15, -0.1) is 10.2 Å². The average Bonchev–Trinajstić information content (AvgIpc) is 3.21. The molecular weight excluding hydrogens is 368 g/mol. The van der Waals surface area contributed by atoms with Crippen LogP contribution in [0.2, 0.25) is 0 Å². The number of hydrogen-bond acceptors (Lipinski definition) is 6. The van der Waals surface area contributed by atoms with Gasteiger partial charge in [0.2, 0.25) is 10.9 Å². The molecule has 9 heteroatoms. The van der Waals surface area contributed by atoms with Gasteiger partial charge in [-0.2, -0.15) is 9.61 Å². The minimum Gasteiger partial charge on any atom is -0.358 e. The van der Waals surface area contributed by atoms with E-state index in [9.17, 15) is 4.79 Å². The van der Waals surface area contributed by atoms with Crippen molar-refractivity contribution in [3.8, 4) is 10.6 Å². The van der Waals surface area contributed by atoms with Gasteiger partial charge in [-0.05, 0) is 24.2 Å². The van der Waals surface area contributed by atoms with Crippen LogP contribution in [0.3, 0.4) is 0 Å². The first-order chi connectivity index (χ1) is 12.6. The molecule has 0 saturated heterocycles. The summed E-state index contributed by atoms with van der Waals surface area (Å²) >= 11 is 6.65. The molecule has 7 nitrogen and oxygen atoms in total. The fraction of sp³-hybridized carbons (Fsp3) is 0.353. The molecule has 0 bridgehead atoms. The number of nitrogens with one attached hydrogen (secondary N) is 2. The van der Waals surface area contributed by atoms with Crippen LogP contribution in [-0.2, 0) is 17.8 Å². The molecule has 0 radical (unpaired) electrons.